The van der Waals surface area contributed by atoms with Crippen LogP contribution in [0.3, 0.4) is 0 Å². The number of aromatic nitrogens is 3. The summed E-state index contributed by atoms with van der Waals surface area (Å²) >= 11 is 0. The zero-order chi connectivity index (χ0) is 32.6. The molecule has 14 heteroatoms. The predicted molar refractivity (Wildman–Crippen MR) is 170 cm³/mol. The molecule has 0 spiro atoms. The summed E-state index contributed by atoms with van der Waals surface area (Å²) in [6.07, 6.45) is -1.19. The Morgan fingerprint density at radius 2 is 1.67 bits per heavy atom. The average Bonchev–Trinajstić information content (AvgIpc) is 3.04. The molecule has 1 fully saturated rings. The van der Waals surface area contributed by atoms with Gasteiger partial charge in [-0.2, -0.15) is 18.2 Å². The van der Waals surface area contributed by atoms with E-state index in [2.05, 4.69) is 42.4 Å². The van der Waals surface area contributed by atoms with Gasteiger partial charge < -0.3 is 20.4 Å². The number of aryl methyl sites for hydroxylation is 1. The summed E-state index contributed by atoms with van der Waals surface area (Å²) in [6, 6.07) is 12.7. The second-order valence-electron chi connectivity index (χ2n) is 11.3. The number of halogens is 3. The van der Waals surface area contributed by atoms with E-state index in [1.807, 2.05) is 19.1 Å². The molecule has 2 aliphatic rings. The molecule has 0 unspecified atom stereocenters. The van der Waals surface area contributed by atoms with Crippen LogP contribution in [-0.2, 0) is 12.7 Å². The first-order chi connectivity index (χ1) is 22.0. The highest BCUT2D eigenvalue weighted by atomic mass is 19.4. The SMILES string of the molecule is Cc1ccc(NC(=O)c2cccc(C(F)(F)F)c2)cc1N1Cc2cnc(Nc3ccc(N4CCN(C)CC4)nc3)nc2N(C)C1=O. The number of alkyl halides is 3. The van der Waals surface area contributed by atoms with Crippen LogP contribution in [-0.4, -0.2) is 72.1 Å². The maximum Gasteiger partial charge on any atom is 0.416 e. The van der Waals surface area contributed by atoms with E-state index in [-0.39, 0.29) is 18.1 Å². The van der Waals surface area contributed by atoms with Crippen LogP contribution in [0.5, 0.6) is 0 Å². The second-order valence-corrected chi connectivity index (χ2v) is 11.3. The molecule has 0 saturated carbocycles. The summed E-state index contributed by atoms with van der Waals surface area (Å²) in [5.74, 6) is 0.972. The van der Waals surface area contributed by atoms with Gasteiger partial charge in [0.05, 0.1) is 29.7 Å². The van der Waals surface area contributed by atoms with Crippen molar-refractivity contribution in [2.24, 2.45) is 0 Å². The number of hydrogen-bond donors (Lipinski definition) is 2. The molecule has 46 heavy (non-hydrogen) atoms. The molecule has 0 atom stereocenters. The topological polar surface area (TPSA) is 110 Å². The van der Waals surface area contributed by atoms with Crippen LogP contribution < -0.4 is 25.3 Å². The van der Waals surface area contributed by atoms with E-state index in [1.165, 1.54) is 21.9 Å². The molecular formula is C32H32F3N9O2. The standard InChI is InChI=1S/C32H32F3N9O2/c1-20-7-8-24(38-29(45)21-5-4-6-23(15-21)32(33,34)35)16-26(20)44-19-22-17-37-30(40-28(22)42(3)31(44)46)39-25-9-10-27(36-18-25)43-13-11-41(2)12-14-43/h4-10,15-18H,11-14,19H2,1-3H3,(H,38,45)(H,37,39,40). The molecule has 2 aromatic carbocycles. The normalized spacial score (nSPS) is 15.5. The summed E-state index contributed by atoms with van der Waals surface area (Å²) in [7, 11) is 3.72. The van der Waals surface area contributed by atoms with E-state index < -0.39 is 17.6 Å². The van der Waals surface area contributed by atoms with Gasteiger partial charge in [-0.3, -0.25) is 14.6 Å². The van der Waals surface area contributed by atoms with E-state index >= 15 is 0 Å². The highest BCUT2D eigenvalue weighted by molar-refractivity contribution is 6.07. The fraction of sp³-hybridized carbons (Fsp3) is 0.281. The van der Waals surface area contributed by atoms with Crippen LogP contribution in [0, 0.1) is 6.92 Å². The summed E-state index contributed by atoms with van der Waals surface area (Å²) in [4.78, 5) is 47.5. The number of piperazine rings is 1. The van der Waals surface area contributed by atoms with Gasteiger partial charge >= 0.3 is 12.2 Å². The fourth-order valence-corrected chi connectivity index (χ4v) is 5.39. The fourth-order valence-electron chi connectivity index (χ4n) is 5.39. The van der Waals surface area contributed by atoms with Crippen molar-refractivity contribution in [3.8, 4) is 0 Å². The lowest BCUT2D eigenvalue weighted by Gasteiger charge is -2.35. The number of carbonyl (C=O) groups is 2. The first kappa shape index (κ1) is 30.8. The molecule has 6 rings (SSSR count). The average molecular weight is 632 g/mol. The third kappa shape index (κ3) is 6.42. The van der Waals surface area contributed by atoms with E-state index in [0.717, 1.165) is 49.7 Å². The largest absolute Gasteiger partial charge is 0.416 e. The maximum absolute atomic E-state index is 13.6. The molecule has 4 heterocycles. The molecule has 2 aliphatic heterocycles. The Balaban J connectivity index is 1.17. The molecule has 1 saturated heterocycles. The van der Waals surface area contributed by atoms with Crippen molar-refractivity contribution in [3.05, 3.63) is 89.2 Å². The Bertz CT molecular complexity index is 1770. The predicted octanol–water partition coefficient (Wildman–Crippen LogP) is 5.52. The van der Waals surface area contributed by atoms with Crippen molar-refractivity contribution in [1.82, 2.24) is 19.9 Å². The van der Waals surface area contributed by atoms with Crippen LogP contribution in [0.25, 0.3) is 0 Å². The van der Waals surface area contributed by atoms with Gasteiger partial charge in [0.15, 0.2) is 0 Å². The number of anilines is 6. The number of amides is 3. The van der Waals surface area contributed by atoms with E-state index in [1.54, 1.807) is 37.6 Å². The molecule has 4 aromatic rings. The first-order valence-corrected chi connectivity index (χ1v) is 14.6. The zero-order valence-corrected chi connectivity index (χ0v) is 25.5. The number of nitrogens with zero attached hydrogens (tertiary/aromatic N) is 7. The Labute approximate surface area is 263 Å². The molecule has 2 N–H and O–H groups in total. The van der Waals surface area contributed by atoms with Gasteiger partial charge in [0.25, 0.3) is 5.91 Å². The third-order valence-electron chi connectivity index (χ3n) is 8.05. The Morgan fingerprint density at radius 3 is 2.39 bits per heavy atom. The summed E-state index contributed by atoms with van der Waals surface area (Å²) < 4.78 is 39.4. The molecule has 3 amide bonds. The van der Waals surface area contributed by atoms with Crippen molar-refractivity contribution < 1.29 is 22.8 Å². The van der Waals surface area contributed by atoms with Gasteiger partial charge in [-0.15, -0.1) is 0 Å². The highest BCUT2D eigenvalue weighted by Gasteiger charge is 2.33. The van der Waals surface area contributed by atoms with Gasteiger partial charge in [0, 0.05) is 56.2 Å². The van der Waals surface area contributed by atoms with E-state index in [9.17, 15) is 22.8 Å². The lowest BCUT2D eigenvalue weighted by atomic mass is 10.1. The summed E-state index contributed by atoms with van der Waals surface area (Å²) in [5, 5.41) is 5.81. The van der Waals surface area contributed by atoms with Crippen LogP contribution in [0.4, 0.5) is 52.6 Å². The molecule has 0 aliphatic carbocycles. The van der Waals surface area contributed by atoms with E-state index in [0.29, 0.717) is 34.4 Å². The number of pyridine rings is 1. The minimum absolute atomic E-state index is 0.136. The number of fused-ring (bicyclic) bond motifs is 1. The van der Waals surface area contributed by atoms with Crippen LogP contribution in [0.15, 0.2) is 67.0 Å². The first-order valence-electron chi connectivity index (χ1n) is 14.6. The molecule has 0 bridgehead atoms. The molecule has 11 nitrogen and oxygen atoms in total. The zero-order valence-electron chi connectivity index (χ0n) is 25.5. The smallest absolute Gasteiger partial charge is 0.354 e. The van der Waals surface area contributed by atoms with Gasteiger partial charge in [-0.1, -0.05) is 12.1 Å². The summed E-state index contributed by atoms with van der Waals surface area (Å²) in [5.41, 5.74) is 1.97. The third-order valence-corrected chi connectivity index (χ3v) is 8.05. The van der Waals surface area contributed by atoms with Crippen molar-refractivity contribution in [2.75, 3.05) is 65.6 Å². The number of hydrogen-bond acceptors (Lipinski definition) is 8. The molecular weight excluding hydrogens is 599 g/mol. The Kier molecular flexibility index (Phi) is 8.21. The van der Waals surface area contributed by atoms with Crippen LogP contribution in [0.1, 0.15) is 27.0 Å². The number of benzene rings is 2. The van der Waals surface area contributed by atoms with Gasteiger partial charge in [0.1, 0.15) is 11.6 Å². The molecule has 0 radical (unpaired) electrons. The minimum atomic E-state index is -4.57. The second kappa shape index (κ2) is 12.3. The number of nitrogens with one attached hydrogen (secondary N) is 2. The van der Waals surface area contributed by atoms with Gasteiger partial charge in [-0.25, -0.2) is 14.8 Å². The molecule has 238 valence electrons. The Morgan fingerprint density at radius 1 is 0.913 bits per heavy atom. The highest BCUT2D eigenvalue weighted by Crippen LogP contribution is 2.34. The summed E-state index contributed by atoms with van der Waals surface area (Å²) in [6.45, 7) is 5.80. The van der Waals surface area contributed by atoms with Crippen LogP contribution >= 0.6 is 0 Å². The number of rotatable bonds is 6. The van der Waals surface area contributed by atoms with Crippen molar-refractivity contribution in [2.45, 2.75) is 19.6 Å². The van der Waals surface area contributed by atoms with Gasteiger partial charge in [0.2, 0.25) is 5.95 Å². The van der Waals surface area contributed by atoms with Crippen molar-refractivity contribution in [3.63, 3.8) is 0 Å². The van der Waals surface area contributed by atoms with Crippen LogP contribution in [0.2, 0.25) is 0 Å². The lowest BCUT2D eigenvalue weighted by molar-refractivity contribution is -0.137. The maximum atomic E-state index is 13.6. The quantitative estimate of drug-likeness (QED) is 0.286. The monoisotopic (exact) mass is 631 g/mol. The lowest BCUT2D eigenvalue weighted by Crippen LogP contribution is -2.46. The number of likely N-dealkylation sites (N-methyl/N-ethyl adjacent to an activating group) is 1. The number of urea groups is 1. The van der Waals surface area contributed by atoms with Crippen molar-refractivity contribution >= 4 is 46.6 Å². The number of carbonyl (C=O) groups excluding carboxylic acids is 2. The molecule has 2 aromatic heterocycles. The van der Waals surface area contributed by atoms with Crippen molar-refractivity contribution in [1.29, 1.82) is 0 Å². The minimum Gasteiger partial charge on any atom is -0.354 e. The Hall–Kier alpha value is -5.24. The van der Waals surface area contributed by atoms with Gasteiger partial charge in [-0.05, 0) is 62.0 Å². The van der Waals surface area contributed by atoms with E-state index in [4.69, 9.17) is 0 Å².